The monoisotopic (exact) mass is 258 g/mol. The smallest absolute Gasteiger partial charge is 0.268 e. The number of benzene rings is 1. The highest BCUT2D eigenvalue weighted by Crippen LogP contribution is 2.31. The number of nitrogens with two attached hydrogens (primary N) is 1. The van der Waals surface area contributed by atoms with Crippen molar-refractivity contribution >= 4 is 15.9 Å². The van der Waals surface area contributed by atoms with Gasteiger partial charge in [-0.3, -0.25) is 4.72 Å². The molecular formula is C7H6F4N2O2S. The van der Waals surface area contributed by atoms with Crippen molar-refractivity contribution in [1.29, 1.82) is 0 Å². The summed E-state index contributed by atoms with van der Waals surface area (Å²) in [6.07, 6.45) is -4.69. The Labute approximate surface area is 88.2 Å². The minimum atomic E-state index is -4.69. The van der Waals surface area contributed by atoms with E-state index in [1.165, 1.54) is 4.72 Å². The lowest BCUT2D eigenvalue weighted by Gasteiger charge is -2.10. The van der Waals surface area contributed by atoms with Crippen LogP contribution in [0.3, 0.4) is 0 Å². The summed E-state index contributed by atoms with van der Waals surface area (Å²) in [5, 5.41) is 4.51. The van der Waals surface area contributed by atoms with Crippen molar-refractivity contribution in [3.8, 4) is 0 Å². The van der Waals surface area contributed by atoms with Crippen LogP contribution in [0.1, 0.15) is 5.56 Å². The fraction of sp³-hybridized carbons (Fsp3) is 0.143. The summed E-state index contributed by atoms with van der Waals surface area (Å²) in [5.74, 6) is -1.15. The van der Waals surface area contributed by atoms with Gasteiger partial charge in [0, 0.05) is 0 Å². The van der Waals surface area contributed by atoms with E-state index in [0.717, 1.165) is 0 Å². The molecule has 3 N–H and O–H groups in total. The van der Waals surface area contributed by atoms with E-state index in [0.29, 0.717) is 18.2 Å². The highest BCUT2D eigenvalue weighted by Gasteiger charge is 2.31. The van der Waals surface area contributed by atoms with Crippen molar-refractivity contribution in [1.82, 2.24) is 0 Å². The Bertz CT molecular complexity index is 498. The lowest BCUT2D eigenvalue weighted by Crippen LogP contribution is -2.22. The molecule has 0 bridgehead atoms. The Morgan fingerprint density at radius 2 is 1.81 bits per heavy atom. The SMILES string of the molecule is NS(=O)(=O)Nc1cc(C(F)(F)F)ccc1F. The predicted octanol–water partition coefficient (Wildman–Crippen LogP) is 1.46. The molecule has 0 atom stereocenters. The summed E-state index contributed by atoms with van der Waals surface area (Å²) in [6.45, 7) is 0. The molecule has 0 fully saturated rings. The van der Waals surface area contributed by atoms with Crippen LogP contribution in [0.5, 0.6) is 0 Å². The first-order valence-corrected chi connectivity index (χ1v) is 5.31. The molecule has 0 aliphatic heterocycles. The highest BCUT2D eigenvalue weighted by molar-refractivity contribution is 7.90. The summed E-state index contributed by atoms with van der Waals surface area (Å²) in [4.78, 5) is 0. The first-order chi connectivity index (χ1) is 7.09. The third-order valence-corrected chi connectivity index (χ3v) is 2.05. The molecule has 0 saturated heterocycles. The van der Waals surface area contributed by atoms with E-state index in [1.54, 1.807) is 0 Å². The van der Waals surface area contributed by atoms with Crippen molar-refractivity contribution in [3.05, 3.63) is 29.6 Å². The average molecular weight is 258 g/mol. The molecule has 0 radical (unpaired) electrons. The van der Waals surface area contributed by atoms with Gasteiger partial charge in [-0.2, -0.15) is 21.6 Å². The van der Waals surface area contributed by atoms with Gasteiger partial charge in [0.25, 0.3) is 10.2 Å². The molecule has 0 amide bonds. The van der Waals surface area contributed by atoms with Crippen LogP contribution in [0.25, 0.3) is 0 Å². The Morgan fingerprint density at radius 1 is 1.25 bits per heavy atom. The zero-order chi connectivity index (χ0) is 12.6. The third kappa shape index (κ3) is 3.35. The van der Waals surface area contributed by atoms with Gasteiger partial charge in [-0.1, -0.05) is 0 Å². The molecule has 0 aliphatic rings. The van der Waals surface area contributed by atoms with E-state index < -0.39 is 33.5 Å². The average Bonchev–Trinajstić information content (AvgIpc) is 2.04. The molecule has 1 aromatic rings. The summed E-state index contributed by atoms with van der Waals surface area (Å²) in [7, 11) is -4.32. The van der Waals surface area contributed by atoms with Crippen LogP contribution < -0.4 is 9.86 Å². The minimum Gasteiger partial charge on any atom is -0.268 e. The fourth-order valence-corrected chi connectivity index (χ4v) is 1.40. The number of alkyl halides is 3. The van der Waals surface area contributed by atoms with Gasteiger partial charge in [0.1, 0.15) is 5.82 Å². The number of hydrogen-bond acceptors (Lipinski definition) is 2. The second-order valence-corrected chi connectivity index (χ2v) is 4.13. The molecule has 0 heterocycles. The normalized spacial score (nSPS) is 12.6. The molecular weight excluding hydrogens is 252 g/mol. The Morgan fingerprint density at radius 3 is 2.25 bits per heavy atom. The molecule has 4 nitrogen and oxygen atoms in total. The van der Waals surface area contributed by atoms with Gasteiger partial charge in [-0.15, -0.1) is 0 Å². The largest absolute Gasteiger partial charge is 0.416 e. The van der Waals surface area contributed by atoms with Crippen LogP contribution in [0, 0.1) is 5.82 Å². The predicted molar refractivity (Wildman–Crippen MR) is 48.1 cm³/mol. The maximum Gasteiger partial charge on any atom is 0.416 e. The molecule has 9 heteroatoms. The topological polar surface area (TPSA) is 72.2 Å². The molecule has 0 aromatic heterocycles. The van der Waals surface area contributed by atoms with Crippen LogP contribution in [0.15, 0.2) is 18.2 Å². The van der Waals surface area contributed by atoms with E-state index in [-0.39, 0.29) is 0 Å². The summed E-state index contributed by atoms with van der Waals surface area (Å²) in [5.41, 5.74) is -2.03. The third-order valence-electron chi connectivity index (χ3n) is 1.55. The molecule has 0 saturated carbocycles. The van der Waals surface area contributed by atoms with Crippen molar-refractivity contribution < 1.29 is 26.0 Å². The number of nitrogens with one attached hydrogen (secondary N) is 1. The molecule has 1 aromatic carbocycles. The fourth-order valence-electron chi connectivity index (χ4n) is 0.933. The minimum absolute atomic E-state index is 0.319. The Balaban J connectivity index is 3.20. The van der Waals surface area contributed by atoms with E-state index in [1.807, 2.05) is 0 Å². The van der Waals surface area contributed by atoms with Crippen molar-refractivity contribution in [2.24, 2.45) is 5.14 Å². The van der Waals surface area contributed by atoms with E-state index in [9.17, 15) is 26.0 Å². The van der Waals surface area contributed by atoms with E-state index in [4.69, 9.17) is 0 Å². The van der Waals surface area contributed by atoms with Crippen molar-refractivity contribution in [2.45, 2.75) is 6.18 Å². The van der Waals surface area contributed by atoms with Crippen LogP contribution in [-0.2, 0) is 16.4 Å². The Kier molecular flexibility index (Phi) is 3.10. The highest BCUT2D eigenvalue weighted by atomic mass is 32.2. The first kappa shape index (κ1) is 12.7. The van der Waals surface area contributed by atoms with Gasteiger partial charge >= 0.3 is 6.18 Å². The number of rotatable bonds is 2. The van der Waals surface area contributed by atoms with E-state index >= 15 is 0 Å². The lowest BCUT2D eigenvalue weighted by atomic mass is 10.2. The van der Waals surface area contributed by atoms with Gasteiger partial charge in [0.05, 0.1) is 11.3 Å². The maximum absolute atomic E-state index is 12.9. The van der Waals surface area contributed by atoms with Crippen molar-refractivity contribution in [3.63, 3.8) is 0 Å². The van der Waals surface area contributed by atoms with Crippen molar-refractivity contribution in [2.75, 3.05) is 4.72 Å². The molecule has 0 unspecified atom stereocenters. The van der Waals surface area contributed by atoms with Gasteiger partial charge in [-0.25, -0.2) is 9.53 Å². The second kappa shape index (κ2) is 3.91. The zero-order valence-corrected chi connectivity index (χ0v) is 8.36. The standard InChI is InChI=1S/C7H6F4N2O2S/c8-5-2-1-4(7(9,10)11)3-6(5)13-16(12,14)15/h1-3,13H,(H2,12,14,15). The lowest BCUT2D eigenvalue weighted by molar-refractivity contribution is -0.137. The number of halogens is 4. The zero-order valence-electron chi connectivity index (χ0n) is 7.55. The van der Waals surface area contributed by atoms with E-state index in [2.05, 4.69) is 5.14 Å². The van der Waals surface area contributed by atoms with Gasteiger partial charge in [-0.05, 0) is 18.2 Å². The van der Waals surface area contributed by atoms with Crippen LogP contribution in [0.4, 0.5) is 23.2 Å². The molecule has 16 heavy (non-hydrogen) atoms. The summed E-state index contributed by atoms with van der Waals surface area (Å²) in [6, 6.07) is 1.31. The van der Waals surface area contributed by atoms with Gasteiger partial charge < -0.3 is 0 Å². The number of hydrogen-bond donors (Lipinski definition) is 2. The second-order valence-electron chi connectivity index (χ2n) is 2.84. The molecule has 0 aliphatic carbocycles. The molecule has 90 valence electrons. The van der Waals surface area contributed by atoms with Crippen LogP contribution in [0.2, 0.25) is 0 Å². The maximum atomic E-state index is 12.9. The summed E-state index contributed by atoms with van der Waals surface area (Å²) >= 11 is 0. The molecule has 0 spiro atoms. The molecule has 1 rings (SSSR count). The van der Waals surface area contributed by atoms with Gasteiger partial charge in [0.2, 0.25) is 0 Å². The number of anilines is 1. The van der Waals surface area contributed by atoms with Crippen LogP contribution in [-0.4, -0.2) is 8.42 Å². The van der Waals surface area contributed by atoms with Gasteiger partial charge in [0.15, 0.2) is 0 Å². The summed E-state index contributed by atoms with van der Waals surface area (Å²) < 4.78 is 72.0. The first-order valence-electron chi connectivity index (χ1n) is 3.77. The Hall–Kier alpha value is -1.35. The quantitative estimate of drug-likeness (QED) is 0.788. The van der Waals surface area contributed by atoms with Crippen LogP contribution >= 0.6 is 0 Å².